The number of aliphatic hydroxyl groups is 1. The first-order chi connectivity index (χ1) is 15.7. The highest BCUT2D eigenvalue weighted by atomic mass is 16.7. The van der Waals surface area contributed by atoms with E-state index in [4.69, 9.17) is 14.6 Å². The largest absolute Gasteiger partial charge is 0.516 e. The van der Waals surface area contributed by atoms with Gasteiger partial charge in [-0.15, -0.1) is 0 Å². The minimum Gasteiger partial charge on any atom is -0.444 e. The third-order valence-corrected chi connectivity index (χ3v) is 4.81. The van der Waals surface area contributed by atoms with Crippen molar-refractivity contribution in [3.8, 4) is 0 Å². The van der Waals surface area contributed by atoms with Crippen molar-refractivity contribution >= 4 is 24.3 Å². The van der Waals surface area contributed by atoms with Crippen LogP contribution in [0.15, 0.2) is 0 Å². The minimum absolute atomic E-state index is 0.0270. The molecule has 1 N–H and O–H groups in total. The van der Waals surface area contributed by atoms with Crippen LogP contribution in [0.2, 0.25) is 0 Å². The van der Waals surface area contributed by atoms with Crippen molar-refractivity contribution in [3.05, 3.63) is 0 Å². The molecule has 11 heteroatoms. The van der Waals surface area contributed by atoms with Gasteiger partial charge >= 0.3 is 24.3 Å². The molecule has 0 spiro atoms. The number of carbonyl (C=O) groups is 4. The van der Waals surface area contributed by atoms with Crippen LogP contribution in [-0.4, -0.2) is 88.8 Å². The molecular formula is C23H40N2O9. The SMILES string of the molecule is CC(C)(C)OC(=O)N1CCC[C@H]1CO.CCOC(=O)OC(=O)C1CCCN1C(=O)OC(C)(C)C. The Morgan fingerprint density at radius 3 is 1.85 bits per heavy atom. The van der Waals surface area contributed by atoms with Crippen molar-refractivity contribution in [2.75, 3.05) is 26.3 Å². The van der Waals surface area contributed by atoms with Crippen LogP contribution in [0.25, 0.3) is 0 Å². The molecule has 2 atom stereocenters. The maximum Gasteiger partial charge on any atom is 0.516 e. The zero-order valence-corrected chi connectivity index (χ0v) is 21.4. The smallest absolute Gasteiger partial charge is 0.444 e. The van der Waals surface area contributed by atoms with Crippen LogP contribution < -0.4 is 0 Å². The average Bonchev–Trinajstić information content (AvgIpc) is 3.35. The molecule has 2 fully saturated rings. The van der Waals surface area contributed by atoms with Crippen LogP contribution in [0, 0.1) is 0 Å². The van der Waals surface area contributed by atoms with Gasteiger partial charge in [0.15, 0.2) is 0 Å². The number of hydrogen-bond acceptors (Lipinski definition) is 9. The van der Waals surface area contributed by atoms with Gasteiger partial charge in [-0.05, 0) is 74.1 Å². The maximum absolute atomic E-state index is 12.0. The molecule has 11 nitrogen and oxygen atoms in total. The topological polar surface area (TPSA) is 132 Å². The highest BCUT2D eigenvalue weighted by Crippen LogP contribution is 2.22. The van der Waals surface area contributed by atoms with Gasteiger partial charge < -0.3 is 29.0 Å². The van der Waals surface area contributed by atoms with Crippen LogP contribution in [0.1, 0.15) is 74.1 Å². The molecule has 2 aliphatic rings. The Hall–Kier alpha value is -2.56. The van der Waals surface area contributed by atoms with Gasteiger partial charge in [-0.3, -0.25) is 4.90 Å². The van der Waals surface area contributed by atoms with Crippen LogP contribution >= 0.6 is 0 Å². The Labute approximate surface area is 201 Å². The van der Waals surface area contributed by atoms with Crippen LogP contribution in [0.4, 0.5) is 14.4 Å². The van der Waals surface area contributed by atoms with Crippen LogP contribution in [0.3, 0.4) is 0 Å². The summed E-state index contributed by atoms with van der Waals surface area (Å²) in [5, 5.41) is 9.03. The summed E-state index contributed by atoms with van der Waals surface area (Å²) >= 11 is 0. The number of likely N-dealkylation sites (tertiary alicyclic amines) is 2. The third-order valence-electron chi connectivity index (χ3n) is 4.81. The highest BCUT2D eigenvalue weighted by molar-refractivity contribution is 5.88. The highest BCUT2D eigenvalue weighted by Gasteiger charge is 2.38. The van der Waals surface area contributed by atoms with E-state index in [1.54, 1.807) is 32.6 Å². The lowest BCUT2D eigenvalue weighted by Gasteiger charge is -2.27. The molecule has 0 bridgehead atoms. The summed E-state index contributed by atoms with van der Waals surface area (Å²) in [6.07, 6.45) is 0.975. The number of rotatable bonds is 3. The van der Waals surface area contributed by atoms with Crippen molar-refractivity contribution in [2.45, 2.75) is 97.4 Å². The van der Waals surface area contributed by atoms with Gasteiger partial charge in [-0.25, -0.2) is 19.2 Å². The molecule has 1 unspecified atom stereocenters. The van der Waals surface area contributed by atoms with E-state index >= 15 is 0 Å². The van der Waals surface area contributed by atoms with Gasteiger partial charge in [-0.2, -0.15) is 0 Å². The Bertz CT molecular complexity index is 712. The summed E-state index contributed by atoms with van der Waals surface area (Å²) in [5.74, 6) is -0.785. The Kier molecular flexibility index (Phi) is 11.1. The van der Waals surface area contributed by atoms with Gasteiger partial charge in [-0.1, -0.05) is 0 Å². The standard InChI is InChI=1S/C13H21NO6.C10H19NO3/c1-5-18-12(17)19-10(15)9-7-6-8-14(9)11(16)20-13(2,3)4;1-10(2,3)14-9(13)11-6-4-5-8(11)7-12/h9H,5-8H2,1-4H3;8,12H,4-7H2,1-3H3/t;8-/m.0/s1. The molecule has 2 heterocycles. The summed E-state index contributed by atoms with van der Waals surface area (Å²) in [5.41, 5.74) is -1.10. The van der Waals surface area contributed by atoms with E-state index < -0.39 is 35.5 Å². The van der Waals surface area contributed by atoms with Gasteiger partial charge in [0.25, 0.3) is 0 Å². The number of esters is 1. The molecule has 2 saturated heterocycles. The fourth-order valence-corrected chi connectivity index (χ4v) is 3.43. The van der Waals surface area contributed by atoms with E-state index in [-0.39, 0.29) is 25.3 Å². The van der Waals surface area contributed by atoms with Gasteiger partial charge in [0.05, 0.1) is 19.3 Å². The molecule has 2 amide bonds. The summed E-state index contributed by atoms with van der Waals surface area (Å²) in [7, 11) is 0. The number of ether oxygens (including phenoxy) is 4. The molecule has 2 rings (SSSR count). The first-order valence-electron chi connectivity index (χ1n) is 11.7. The predicted molar refractivity (Wildman–Crippen MR) is 122 cm³/mol. The fourth-order valence-electron chi connectivity index (χ4n) is 3.43. The molecular weight excluding hydrogens is 448 g/mol. The molecule has 196 valence electrons. The summed E-state index contributed by atoms with van der Waals surface area (Å²) in [6, 6.07) is -0.848. The Morgan fingerprint density at radius 1 is 0.853 bits per heavy atom. The molecule has 0 aromatic rings. The third kappa shape index (κ3) is 10.1. The van der Waals surface area contributed by atoms with Crippen molar-refractivity contribution in [1.82, 2.24) is 9.80 Å². The van der Waals surface area contributed by atoms with E-state index in [0.717, 1.165) is 12.8 Å². The summed E-state index contributed by atoms with van der Waals surface area (Å²) in [4.78, 5) is 49.4. The van der Waals surface area contributed by atoms with E-state index in [1.165, 1.54) is 4.90 Å². The molecule has 0 aliphatic carbocycles. The van der Waals surface area contributed by atoms with Crippen LogP contribution in [-0.2, 0) is 23.7 Å². The van der Waals surface area contributed by atoms with Gasteiger partial charge in [0, 0.05) is 13.1 Å². The van der Waals surface area contributed by atoms with E-state index in [1.807, 2.05) is 20.8 Å². The maximum atomic E-state index is 12.0. The van der Waals surface area contributed by atoms with Crippen LogP contribution in [0.5, 0.6) is 0 Å². The normalized spacial score (nSPS) is 20.2. The molecule has 0 aromatic heterocycles. The minimum atomic E-state index is -1.05. The first-order valence-corrected chi connectivity index (χ1v) is 11.7. The fraction of sp³-hybridized carbons (Fsp3) is 0.826. The number of carbonyl (C=O) groups excluding carboxylic acids is 4. The summed E-state index contributed by atoms with van der Waals surface area (Å²) < 4.78 is 19.5. The van der Waals surface area contributed by atoms with E-state index in [2.05, 4.69) is 9.47 Å². The molecule has 34 heavy (non-hydrogen) atoms. The Balaban J connectivity index is 0.000000362. The molecule has 0 aromatic carbocycles. The van der Waals surface area contributed by atoms with Crippen molar-refractivity contribution in [2.24, 2.45) is 0 Å². The zero-order valence-electron chi connectivity index (χ0n) is 21.4. The van der Waals surface area contributed by atoms with E-state index in [9.17, 15) is 19.2 Å². The second-order valence-electron chi connectivity index (χ2n) is 10.1. The first kappa shape index (κ1) is 29.5. The quantitative estimate of drug-likeness (QED) is 0.360. The lowest BCUT2D eigenvalue weighted by Crippen LogP contribution is -2.44. The summed E-state index contributed by atoms with van der Waals surface area (Å²) in [6.45, 7) is 13.6. The predicted octanol–water partition coefficient (Wildman–Crippen LogP) is 3.46. The van der Waals surface area contributed by atoms with Gasteiger partial charge in [0.2, 0.25) is 0 Å². The second kappa shape index (κ2) is 12.8. The lowest BCUT2D eigenvalue weighted by atomic mass is 10.2. The Morgan fingerprint density at radius 2 is 1.35 bits per heavy atom. The number of aliphatic hydroxyl groups excluding tert-OH is 1. The number of amides is 2. The number of hydrogen-bond donors (Lipinski definition) is 1. The van der Waals surface area contributed by atoms with E-state index in [0.29, 0.717) is 25.9 Å². The van der Waals surface area contributed by atoms with Gasteiger partial charge in [0.1, 0.15) is 17.2 Å². The lowest BCUT2D eigenvalue weighted by molar-refractivity contribution is -0.144. The molecule has 2 aliphatic heterocycles. The average molecular weight is 489 g/mol. The second-order valence-corrected chi connectivity index (χ2v) is 10.1. The van der Waals surface area contributed by atoms with Crippen molar-refractivity contribution < 1.29 is 43.2 Å². The molecule has 0 radical (unpaired) electrons. The molecule has 0 saturated carbocycles. The zero-order chi connectivity index (χ0) is 26.1. The van der Waals surface area contributed by atoms with Crippen molar-refractivity contribution in [3.63, 3.8) is 0 Å². The monoisotopic (exact) mass is 488 g/mol. The van der Waals surface area contributed by atoms with Crippen molar-refractivity contribution in [1.29, 1.82) is 0 Å². The number of nitrogens with zero attached hydrogens (tertiary/aromatic N) is 2.